The second-order valence-corrected chi connectivity index (χ2v) is 6.42. The van der Waals surface area contributed by atoms with Gasteiger partial charge in [0.05, 0.1) is 6.10 Å². The first kappa shape index (κ1) is 14.6. The Morgan fingerprint density at radius 3 is 2.86 bits per heavy atom. The van der Waals surface area contributed by atoms with E-state index >= 15 is 0 Å². The normalized spacial score (nSPS) is 25.8. The molecule has 2 aliphatic heterocycles. The van der Waals surface area contributed by atoms with E-state index in [-0.39, 0.29) is 6.10 Å². The lowest BCUT2D eigenvalue weighted by molar-refractivity contribution is 0.232. The minimum absolute atomic E-state index is 0.137. The van der Waals surface area contributed by atoms with Crippen molar-refractivity contribution in [2.24, 2.45) is 0 Å². The standard InChI is InChI=1S/C16H26N4O/c1-11(2)21-15-10-12(3)18-16(19-15)20-9-5-7-14(20)13-6-4-8-17-13/h10-11,13-14,17H,4-9H2,1-3H3. The van der Waals surface area contributed by atoms with Crippen molar-refractivity contribution in [2.75, 3.05) is 18.0 Å². The number of nitrogens with zero attached hydrogens (tertiary/aromatic N) is 3. The molecule has 1 aromatic heterocycles. The Hall–Kier alpha value is -1.36. The van der Waals surface area contributed by atoms with Crippen LogP contribution in [-0.2, 0) is 0 Å². The summed E-state index contributed by atoms with van der Waals surface area (Å²) in [6.45, 7) is 8.26. The summed E-state index contributed by atoms with van der Waals surface area (Å²) in [5, 5.41) is 3.63. The predicted octanol–water partition coefficient (Wildman–Crippen LogP) is 2.29. The quantitative estimate of drug-likeness (QED) is 0.922. The first-order valence-electron chi connectivity index (χ1n) is 8.16. The molecule has 0 radical (unpaired) electrons. The molecule has 0 spiro atoms. The Morgan fingerprint density at radius 2 is 2.14 bits per heavy atom. The predicted molar refractivity (Wildman–Crippen MR) is 83.9 cm³/mol. The Morgan fingerprint density at radius 1 is 1.29 bits per heavy atom. The third-order valence-corrected chi connectivity index (χ3v) is 4.29. The zero-order valence-electron chi connectivity index (χ0n) is 13.3. The highest BCUT2D eigenvalue weighted by atomic mass is 16.5. The molecule has 2 fully saturated rings. The zero-order valence-corrected chi connectivity index (χ0v) is 13.3. The zero-order chi connectivity index (χ0) is 14.8. The average molecular weight is 290 g/mol. The molecule has 2 unspecified atom stereocenters. The maximum Gasteiger partial charge on any atom is 0.229 e. The molecule has 0 saturated carbocycles. The van der Waals surface area contributed by atoms with E-state index in [1.165, 1.54) is 25.7 Å². The van der Waals surface area contributed by atoms with Gasteiger partial charge in [-0.15, -0.1) is 0 Å². The summed E-state index contributed by atoms with van der Waals surface area (Å²) < 4.78 is 5.76. The van der Waals surface area contributed by atoms with Gasteiger partial charge in [-0.25, -0.2) is 4.98 Å². The van der Waals surface area contributed by atoms with E-state index in [0.29, 0.717) is 18.0 Å². The van der Waals surface area contributed by atoms with Gasteiger partial charge in [0.15, 0.2) is 0 Å². The monoisotopic (exact) mass is 290 g/mol. The first-order chi connectivity index (χ1) is 10.1. The second-order valence-electron chi connectivity index (χ2n) is 6.42. The third kappa shape index (κ3) is 3.28. The summed E-state index contributed by atoms with van der Waals surface area (Å²) >= 11 is 0. The third-order valence-electron chi connectivity index (χ3n) is 4.29. The number of hydrogen-bond donors (Lipinski definition) is 1. The van der Waals surface area contributed by atoms with E-state index in [9.17, 15) is 0 Å². The number of anilines is 1. The van der Waals surface area contributed by atoms with Crippen LogP contribution in [-0.4, -0.2) is 41.2 Å². The van der Waals surface area contributed by atoms with Crippen LogP contribution in [0.15, 0.2) is 6.07 Å². The van der Waals surface area contributed by atoms with Crippen LogP contribution in [0.1, 0.15) is 45.2 Å². The van der Waals surface area contributed by atoms with Gasteiger partial charge < -0.3 is 15.0 Å². The number of nitrogens with one attached hydrogen (secondary N) is 1. The summed E-state index contributed by atoms with van der Waals surface area (Å²) in [5.74, 6) is 1.53. The Balaban J connectivity index is 1.82. The summed E-state index contributed by atoms with van der Waals surface area (Å²) in [6, 6.07) is 3.04. The minimum atomic E-state index is 0.137. The van der Waals surface area contributed by atoms with Crippen molar-refractivity contribution in [3.8, 4) is 5.88 Å². The fourth-order valence-electron chi connectivity index (χ4n) is 3.45. The summed E-state index contributed by atoms with van der Waals surface area (Å²) in [4.78, 5) is 11.7. The van der Waals surface area contributed by atoms with Crippen molar-refractivity contribution in [1.29, 1.82) is 0 Å². The van der Waals surface area contributed by atoms with Gasteiger partial charge in [0, 0.05) is 30.4 Å². The van der Waals surface area contributed by atoms with Gasteiger partial charge in [-0.1, -0.05) is 0 Å². The maximum absolute atomic E-state index is 5.76. The van der Waals surface area contributed by atoms with E-state index in [4.69, 9.17) is 4.74 Å². The molecule has 5 heteroatoms. The molecule has 3 rings (SSSR count). The van der Waals surface area contributed by atoms with Gasteiger partial charge in [-0.2, -0.15) is 4.98 Å². The molecular weight excluding hydrogens is 264 g/mol. The average Bonchev–Trinajstić information content (AvgIpc) is 3.08. The first-order valence-corrected chi connectivity index (χ1v) is 8.16. The number of ether oxygens (including phenoxy) is 1. The van der Waals surface area contributed by atoms with Crippen molar-refractivity contribution in [3.05, 3.63) is 11.8 Å². The molecule has 1 aromatic rings. The van der Waals surface area contributed by atoms with Crippen LogP contribution < -0.4 is 15.0 Å². The van der Waals surface area contributed by atoms with Crippen molar-refractivity contribution in [1.82, 2.24) is 15.3 Å². The molecule has 116 valence electrons. The lowest BCUT2D eigenvalue weighted by Gasteiger charge is -2.30. The second kappa shape index (κ2) is 6.18. The molecule has 3 heterocycles. The molecule has 2 saturated heterocycles. The topological polar surface area (TPSA) is 50.3 Å². The molecular formula is C16H26N4O. The summed E-state index contributed by atoms with van der Waals surface area (Å²) in [7, 11) is 0. The minimum Gasteiger partial charge on any atom is -0.475 e. The molecule has 21 heavy (non-hydrogen) atoms. The highest BCUT2D eigenvalue weighted by Gasteiger charge is 2.34. The number of aryl methyl sites for hydroxylation is 1. The van der Waals surface area contributed by atoms with Crippen LogP contribution in [0.3, 0.4) is 0 Å². The van der Waals surface area contributed by atoms with Crippen LogP contribution in [0.2, 0.25) is 0 Å². The highest BCUT2D eigenvalue weighted by Crippen LogP contribution is 2.29. The van der Waals surface area contributed by atoms with Crippen LogP contribution >= 0.6 is 0 Å². The van der Waals surface area contributed by atoms with Crippen molar-refractivity contribution >= 4 is 5.95 Å². The SMILES string of the molecule is Cc1cc(OC(C)C)nc(N2CCCC2C2CCCN2)n1. The molecule has 0 amide bonds. The molecule has 1 N–H and O–H groups in total. The van der Waals surface area contributed by atoms with Gasteiger partial charge in [0.25, 0.3) is 0 Å². The van der Waals surface area contributed by atoms with E-state index in [0.717, 1.165) is 24.7 Å². The van der Waals surface area contributed by atoms with E-state index in [1.807, 2.05) is 26.8 Å². The number of hydrogen-bond acceptors (Lipinski definition) is 5. The van der Waals surface area contributed by atoms with Crippen LogP contribution in [0.5, 0.6) is 5.88 Å². The summed E-state index contributed by atoms with van der Waals surface area (Å²) in [6.07, 6.45) is 5.14. The number of aromatic nitrogens is 2. The molecule has 5 nitrogen and oxygen atoms in total. The van der Waals surface area contributed by atoms with Gasteiger partial charge >= 0.3 is 0 Å². The fourth-order valence-corrected chi connectivity index (χ4v) is 3.45. The molecule has 0 aliphatic carbocycles. The van der Waals surface area contributed by atoms with E-state index < -0.39 is 0 Å². The Labute approximate surface area is 127 Å². The van der Waals surface area contributed by atoms with Gasteiger partial charge in [0.2, 0.25) is 11.8 Å². The summed E-state index contributed by atoms with van der Waals surface area (Å²) in [5.41, 5.74) is 0.973. The Kier molecular flexibility index (Phi) is 4.29. The molecule has 2 aliphatic rings. The van der Waals surface area contributed by atoms with Crippen molar-refractivity contribution in [2.45, 2.75) is 64.6 Å². The van der Waals surface area contributed by atoms with Gasteiger partial charge in [-0.3, -0.25) is 0 Å². The molecule has 0 aromatic carbocycles. The largest absolute Gasteiger partial charge is 0.475 e. The van der Waals surface area contributed by atoms with Crippen molar-refractivity contribution in [3.63, 3.8) is 0 Å². The number of rotatable bonds is 4. The van der Waals surface area contributed by atoms with Crippen LogP contribution in [0.25, 0.3) is 0 Å². The molecule has 2 atom stereocenters. The molecule has 0 bridgehead atoms. The lowest BCUT2D eigenvalue weighted by atomic mass is 10.0. The van der Waals surface area contributed by atoms with Gasteiger partial charge in [0.1, 0.15) is 0 Å². The van der Waals surface area contributed by atoms with E-state index in [1.54, 1.807) is 0 Å². The lowest BCUT2D eigenvalue weighted by Crippen LogP contribution is -2.44. The smallest absolute Gasteiger partial charge is 0.229 e. The maximum atomic E-state index is 5.76. The van der Waals surface area contributed by atoms with Crippen LogP contribution in [0.4, 0.5) is 5.95 Å². The van der Waals surface area contributed by atoms with Crippen molar-refractivity contribution < 1.29 is 4.74 Å². The van der Waals surface area contributed by atoms with Gasteiger partial charge in [-0.05, 0) is 53.0 Å². The van der Waals surface area contributed by atoms with Crippen LogP contribution in [0, 0.1) is 6.92 Å². The van der Waals surface area contributed by atoms with E-state index in [2.05, 4.69) is 20.2 Å². The highest BCUT2D eigenvalue weighted by molar-refractivity contribution is 5.38. The fraction of sp³-hybridized carbons (Fsp3) is 0.750. The Bertz CT molecular complexity index is 485.